The minimum Gasteiger partial charge on any atom is -0.329 e. The molecular weight excluding hydrogens is 235 g/mol. The number of benzene rings is 1. The average Bonchev–Trinajstić information content (AvgIpc) is 2.35. The Balaban J connectivity index is 2.17. The molecular formula is C13H19FN2S. The van der Waals surface area contributed by atoms with Gasteiger partial charge in [0.1, 0.15) is 5.82 Å². The summed E-state index contributed by atoms with van der Waals surface area (Å²) in [4.78, 5) is 2.43. The lowest BCUT2D eigenvalue weighted by Crippen LogP contribution is -2.45. The predicted octanol–water partition coefficient (Wildman–Crippen LogP) is 2.26. The van der Waals surface area contributed by atoms with Gasteiger partial charge in [-0.3, -0.25) is 4.90 Å². The molecule has 1 aliphatic heterocycles. The van der Waals surface area contributed by atoms with Crippen molar-refractivity contribution < 1.29 is 4.39 Å². The Kier molecular flexibility index (Phi) is 4.42. The van der Waals surface area contributed by atoms with Gasteiger partial charge in [-0.2, -0.15) is 11.8 Å². The summed E-state index contributed by atoms with van der Waals surface area (Å²) < 4.78 is 12.9. The molecule has 0 saturated carbocycles. The molecule has 0 spiro atoms. The molecule has 0 amide bonds. The molecule has 0 radical (unpaired) electrons. The second-order valence-electron chi connectivity index (χ2n) is 4.46. The van der Waals surface area contributed by atoms with Crippen LogP contribution in [0.2, 0.25) is 0 Å². The average molecular weight is 254 g/mol. The number of nitrogens with two attached hydrogens (primary N) is 1. The smallest absolute Gasteiger partial charge is 0.123 e. The maximum Gasteiger partial charge on any atom is 0.123 e. The van der Waals surface area contributed by atoms with Crippen molar-refractivity contribution in [3.05, 3.63) is 35.6 Å². The summed E-state index contributed by atoms with van der Waals surface area (Å²) in [7, 11) is 0. The highest BCUT2D eigenvalue weighted by atomic mass is 32.2. The Morgan fingerprint density at radius 2 is 2.18 bits per heavy atom. The van der Waals surface area contributed by atoms with Crippen LogP contribution in [0, 0.1) is 5.82 Å². The summed E-state index contributed by atoms with van der Waals surface area (Å²) in [6.45, 7) is 3.88. The number of rotatable bonds is 3. The van der Waals surface area contributed by atoms with Gasteiger partial charge in [0.05, 0.1) is 0 Å². The molecule has 1 heterocycles. The lowest BCUT2D eigenvalue weighted by molar-refractivity contribution is 0.166. The van der Waals surface area contributed by atoms with E-state index < -0.39 is 0 Å². The van der Waals surface area contributed by atoms with Crippen LogP contribution in [-0.4, -0.2) is 35.5 Å². The third kappa shape index (κ3) is 3.00. The fourth-order valence-corrected chi connectivity index (χ4v) is 3.39. The molecule has 1 aromatic carbocycles. The number of thioether (sulfide) groups is 1. The number of nitrogens with zero attached hydrogens (tertiary/aromatic N) is 1. The largest absolute Gasteiger partial charge is 0.329 e. The zero-order chi connectivity index (χ0) is 12.3. The predicted molar refractivity (Wildman–Crippen MR) is 71.7 cm³/mol. The van der Waals surface area contributed by atoms with E-state index in [1.54, 1.807) is 0 Å². The van der Waals surface area contributed by atoms with Crippen LogP contribution in [-0.2, 0) is 0 Å². The Hall–Kier alpha value is -0.580. The minimum absolute atomic E-state index is 0.188. The Bertz CT molecular complexity index is 355. The van der Waals surface area contributed by atoms with Crippen molar-refractivity contribution in [3.8, 4) is 0 Å². The molecule has 0 aliphatic carbocycles. The van der Waals surface area contributed by atoms with E-state index in [-0.39, 0.29) is 11.9 Å². The van der Waals surface area contributed by atoms with Gasteiger partial charge in [-0.1, -0.05) is 12.1 Å². The molecule has 1 fully saturated rings. The molecule has 1 aromatic rings. The summed E-state index contributed by atoms with van der Waals surface area (Å²) in [6, 6.07) is 7.48. The van der Waals surface area contributed by atoms with Crippen molar-refractivity contribution in [2.45, 2.75) is 19.0 Å². The van der Waals surface area contributed by atoms with E-state index >= 15 is 0 Å². The van der Waals surface area contributed by atoms with Crippen LogP contribution in [0.3, 0.4) is 0 Å². The zero-order valence-corrected chi connectivity index (χ0v) is 10.9. The lowest BCUT2D eigenvalue weighted by atomic mass is 10.0. The molecule has 2 unspecified atom stereocenters. The maximum atomic E-state index is 12.9. The van der Waals surface area contributed by atoms with E-state index in [2.05, 4.69) is 11.8 Å². The summed E-state index contributed by atoms with van der Waals surface area (Å²) in [6.07, 6.45) is 0. The molecule has 17 heavy (non-hydrogen) atoms. The van der Waals surface area contributed by atoms with E-state index in [1.165, 1.54) is 12.1 Å². The van der Waals surface area contributed by atoms with Crippen LogP contribution in [0.25, 0.3) is 0 Å². The van der Waals surface area contributed by atoms with E-state index in [1.807, 2.05) is 23.9 Å². The second-order valence-corrected chi connectivity index (χ2v) is 5.61. The van der Waals surface area contributed by atoms with Crippen molar-refractivity contribution >= 4 is 11.8 Å². The van der Waals surface area contributed by atoms with Gasteiger partial charge in [-0.05, 0) is 24.6 Å². The van der Waals surface area contributed by atoms with E-state index in [4.69, 9.17) is 5.73 Å². The first-order chi connectivity index (χ1) is 8.22. The van der Waals surface area contributed by atoms with Crippen LogP contribution < -0.4 is 5.73 Å². The summed E-state index contributed by atoms with van der Waals surface area (Å²) in [5.41, 5.74) is 7.01. The molecule has 1 aliphatic rings. The van der Waals surface area contributed by atoms with Crippen LogP contribution in [0.15, 0.2) is 24.3 Å². The molecule has 2 rings (SSSR count). The SMILES string of the molecule is CC1CSCCN1C(CN)c1ccc(F)cc1. The van der Waals surface area contributed by atoms with Gasteiger partial charge >= 0.3 is 0 Å². The van der Waals surface area contributed by atoms with Gasteiger partial charge in [-0.15, -0.1) is 0 Å². The van der Waals surface area contributed by atoms with Crippen molar-refractivity contribution in [2.75, 3.05) is 24.6 Å². The highest BCUT2D eigenvalue weighted by molar-refractivity contribution is 7.99. The fourth-order valence-electron chi connectivity index (χ4n) is 2.35. The van der Waals surface area contributed by atoms with Crippen LogP contribution in [0.1, 0.15) is 18.5 Å². The molecule has 94 valence electrons. The first-order valence-electron chi connectivity index (χ1n) is 6.01. The highest BCUT2D eigenvalue weighted by Gasteiger charge is 2.26. The molecule has 4 heteroatoms. The van der Waals surface area contributed by atoms with Gasteiger partial charge in [0.15, 0.2) is 0 Å². The van der Waals surface area contributed by atoms with Gasteiger partial charge in [0.25, 0.3) is 0 Å². The summed E-state index contributed by atoms with van der Waals surface area (Å²) in [5.74, 6) is 2.12. The molecule has 1 saturated heterocycles. The minimum atomic E-state index is -0.188. The van der Waals surface area contributed by atoms with Gasteiger partial charge in [0.2, 0.25) is 0 Å². The monoisotopic (exact) mass is 254 g/mol. The third-order valence-corrected chi connectivity index (χ3v) is 4.49. The number of hydrogen-bond acceptors (Lipinski definition) is 3. The van der Waals surface area contributed by atoms with Crippen LogP contribution in [0.5, 0.6) is 0 Å². The van der Waals surface area contributed by atoms with E-state index in [9.17, 15) is 4.39 Å². The maximum absolute atomic E-state index is 12.9. The van der Waals surface area contributed by atoms with Gasteiger partial charge in [-0.25, -0.2) is 4.39 Å². The Labute approximate surface area is 106 Å². The lowest BCUT2D eigenvalue weighted by Gasteiger charge is -2.39. The zero-order valence-electron chi connectivity index (χ0n) is 10.1. The van der Waals surface area contributed by atoms with Crippen LogP contribution in [0.4, 0.5) is 4.39 Å². The number of hydrogen-bond donors (Lipinski definition) is 1. The Morgan fingerprint density at radius 1 is 1.47 bits per heavy atom. The molecule has 2 nitrogen and oxygen atoms in total. The molecule has 2 N–H and O–H groups in total. The topological polar surface area (TPSA) is 29.3 Å². The van der Waals surface area contributed by atoms with Gasteiger partial charge in [0, 0.05) is 36.7 Å². The number of halogens is 1. The van der Waals surface area contributed by atoms with Crippen molar-refractivity contribution in [1.82, 2.24) is 4.90 Å². The van der Waals surface area contributed by atoms with E-state index in [0.29, 0.717) is 12.6 Å². The Morgan fingerprint density at radius 3 is 2.76 bits per heavy atom. The van der Waals surface area contributed by atoms with Crippen molar-refractivity contribution in [2.24, 2.45) is 5.73 Å². The molecule has 2 atom stereocenters. The standard InChI is InChI=1S/C13H19FN2S/c1-10-9-17-7-6-16(10)13(8-15)11-2-4-12(14)5-3-11/h2-5,10,13H,6-9,15H2,1H3. The fraction of sp³-hybridized carbons (Fsp3) is 0.538. The summed E-state index contributed by atoms with van der Waals surface area (Å²) >= 11 is 1.99. The second kappa shape index (κ2) is 5.85. The van der Waals surface area contributed by atoms with Gasteiger partial charge < -0.3 is 5.73 Å². The summed E-state index contributed by atoms with van der Waals surface area (Å²) in [5, 5.41) is 0. The van der Waals surface area contributed by atoms with Crippen molar-refractivity contribution in [3.63, 3.8) is 0 Å². The quantitative estimate of drug-likeness (QED) is 0.897. The first kappa shape index (κ1) is 12.9. The molecule has 0 aromatic heterocycles. The van der Waals surface area contributed by atoms with Crippen LogP contribution >= 0.6 is 11.8 Å². The highest BCUT2D eigenvalue weighted by Crippen LogP contribution is 2.27. The third-order valence-electron chi connectivity index (χ3n) is 3.30. The van der Waals surface area contributed by atoms with Crippen molar-refractivity contribution in [1.29, 1.82) is 0 Å². The molecule has 0 bridgehead atoms. The normalized spacial score (nSPS) is 23.6. The first-order valence-corrected chi connectivity index (χ1v) is 7.17. The van der Waals surface area contributed by atoms with E-state index in [0.717, 1.165) is 23.6 Å².